The molecule has 0 radical (unpaired) electrons. The lowest BCUT2D eigenvalue weighted by atomic mass is 10.2. The van der Waals surface area contributed by atoms with Gasteiger partial charge in [0.1, 0.15) is 5.82 Å². The van der Waals surface area contributed by atoms with Gasteiger partial charge in [-0.2, -0.15) is 0 Å². The smallest absolute Gasteiger partial charge is 0.261 e. The van der Waals surface area contributed by atoms with E-state index in [1.165, 1.54) is 10.8 Å². The molecule has 0 aliphatic heterocycles. The highest BCUT2D eigenvalue weighted by molar-refractivity contribution is 6.08. The third kappa shape index (κ3) is 2.99. The monoisotopic (exact) mass is 301 g/mol. The van der Waals surface area contributed by atoms with E-state index in [1.54, 1.807) is 38.6 Å². The highest BCUT2D eigenvalue weighted by atomic mass is 16.5. The van der Waals surface area contributed by atoms with Crippen LogP contribution < -0.4 is 17.0 Å². The largest absolute Gasteiger partial charge is 0.404 e. The van der Waals surface area contributed by atoms with Crippen molar-refractivity contribution in [2.45, 2.75) is 6.54 Å². The summed E-state index contributed by atoms with van der Waals surface area (Å²) in [5.41, 5.74) is 12.9. The highest BCUT2D eigenvalue weighted by Crippen LogP contribution is 2.16. The molecule has 0 fully saturated rings. The summed E-state index contributed by atoms with van der Waals surface area (Å²) >= 11 is 0. The van der Waals surface area contributed by atoms with Crippen molar-refractivity contribution in [2.24, 2.45) is 10.7 Å². The number of nitrogen functional groups attached to an aromatic ring is 1. The van der Waals surface area contributed by atoms with Crippen LogP contribution in [0.4, 0.5) is 5.69 Å². The first-order valence-corrected chi connectivity index (χ1v) is 6.75. The number of anilines is 1. The number of nitrogens with two attached hydrogens (primary N) is 2. The zero-order valence-electron chi connectivity index (χ0n) is 12.6. The fourth-order valence-corrected chi connectivity index (χ4v) is 2.16. The predicted molar refractivity (Wildman–Crippen MR) is 88.9 cm³/mol. The molecule has 0 aliphatic carbocycles. The number of ether oxygens (including phenoxy) is 1. The van der Waals surface area contributed by atoms with Crippen LogP contribution in [0.3, 0.4) is 0 Å². The molecule has 0 unspecified atom stereocenters. The molecule has 0 saturated heterocycles. The second kappa shape index (κ2) is 6.86. The van der Waals surface area contributed by atoms with E-state index in [4.69, 9.17) is 16.2 Å². The number of benzene rings is 1. The molecule has 1 heterocycles. The van der Waals surface area contributed by atoms with Crippen molar-refractivity contribution in [1.29, 1.82) is 0 Å². The van der Waals surface area contributed by atoms with Crippen LogP contribution in [-0.2, 0) is 11.3 Å². The zero-order chi connectivity index (χ0) is 16.1. The van der Waals surface area contributed by atoms with Gasteiger partial charge in [0.05, 0.1) is 29.6 Å². The van der Waals surface area contributed by atoms with E-state index in [0.717, 1.165) is 0 Å². The third-order valence-corrected chi connectivity index (χ3v) is 3.20. The molecule has 0 bridgehead atoms. The number of hydrogen-bond donors (Lipinski definition) is 2. The van der Waals surface area contributed by atoms with Crippen molar-refractivity contribution in [3.8, 4) is 0 Å². The van der Waals surface area contributed by atoms with Gasteiger partial charge in [-0.1, -0.05) is 0 Å². The molecule has 0 aliphatic rings. The van der Waals surface area contributed by atoms with E-state index in [1.807, 2.05) is 0 Å². The Morgan fingerprint density at radius 2 is 2.27 bits per heavy atom. The maximum Gasteiger partial charge on any atom is 0.261 e. The van der Waals surface area contributed by atoms with E-state index in [-0.39, 0.29) is 5.56 Å². The fourth-order valence-electron chi connectivity index (χ4n) is 2.16. The second-order valence-electron chi connectivity index (χ2n) is 4.67. The molecule has 0 amide bonds. The standard InChI is InChI=1S/C15H19N5O2/c1-18-9-10(8-16)14-19-13-4-3-11(17)7-12(13)15(21)20(14)5-6-22-2/h3-4,7-9H,5-6,16-17H2,1-2H3. The van der Waals surface area contributed by atoms with Crippen LogP contribution in [0.15, 0.2) is 34.2 Å². The van der Waals surface area contributed by atoms with Gasteiger partial charge in [0.25, 0.3) is 5.56 Å². The Balaban J connectivity index is 2.77. The summed E-state index contributed by atoms with van der Waals surface area (Å²) in [6.45, 7) is 0.737. The number of rotatable bonds is 5. The summed E-state index contributed by atoms with van der Waals surface area (Å²) < 4.78 is 6.59. The maximum atomic E-state index is 12.7. The van der Waals surface area contributed by atoms with E-state index in [0.29, 0.717) is 41.1 Å². The molecule has 116 valence electrons. The van der Waals surface area contributed by atoms with Crippen LogP contribution in [0, 0.1) is 0 Å². The Kier molecular flexibility index (Phi) is 4.90. The number of nitrogens with zero attached hydrogens (tertiary/aromatic N) is 3. The Morgan fingerprint density at radius 1 is 1.50 bits per heavy atom. The van der Waals surface area contributed by atoms with Gasteiger partial charge in [-0.3, -0.25) is 14.4 Å². The van der Waals surface area contributed by atoms with Crippen molar-refractivity contribution in [1.82, 2.24) is 9.55 Å². The number of aliphatic imine (C=N–C) groups is 1. The molecule has 22 heavy (non-hydrogen) atoms. The molecule has 7 nitrogen and oxygen atoms in total. The van der Waals surface area contributed by atoms with E-state index in [9.17, 15) is 4.79 Å². The molecule has 1 aromatic heterocycles. The molecule has 7 heteroatoms. The van der Waals surface area contributed by atoms with Gasteiger partial charge in [0.2, 0.25) is 0 Å². The predicted octanol–water partition coefficient (Wildman–Crippen LogP) is 0.625. The Bertz CT molecular complexity index is 792. The van der Waals surface area contributed by atoms with Crippen LogP contribution in [0.1, 0.15) is 5.82 Å². The first-order valence-electron chi connectivity index (χ1n) is 6.75. The quantitative estimate of drug-likeness (QED) is 0.622. The van der Waals surface area contributed by atoms with Crippen molar-refractivity contribution in [3.63, 3.8) is 0 Å². The van der Waals surface area contributed by atoms with Gasteiger partial charge < -0.3 is 16.2 Å². The average molecular weight is 301 g/mol. The van der Waals surface area contributed by atoms with Gasteiger partial charge in [-0.25, -0.2) is 4.98 Å². The fraction of sp³-hybridized carbons (Fsp3) is 0.267. The van der Waals surface area contributed by atoms with E-state index < -0.39 is 0 Å². The second-order valence-corrected chi connectivity index (χ2v) is 4.67. The SMILES string of the molecule is CN=CC(=CN)c1nc2ccc(N)cc2c(=O)n1CCOC. The minimum absolute atomic E-state index is 0.187. The van der Waals surface area contributed by atoms with Gasteiger partial charge in [0.15, 0.2) is 0 Å². The number of aromatic nitrogens is 2. The number of allylic oxidation sites excluding steroid dienone is 1. The first-order chi connectivity index (χ1) is 10.6. The molecule has 2 aromatic rings. The zero-order valence-corrected chi connectivity index (χ0v) is 12.6. The van der Waals surface area contributed by atoms with Crippen molar-refractivity contribution < 1.29 is 4.74 Å². The van der Waals surface area contributed by atoms with Crippen LogP contribution >= 0.6 is 0 Å². The minimum atomic E-state index is -0.187. The number of hydrogen-bond acceptors (Lipinski definition) is 6. The summed E-state index contributed by atoms with van der Waals surface area (Å²) in [5.74, 6) is 0.451. The van der Waals surface area contributed by atoms with Gasteiger partial charge in [-0.15, -0.1) is 0 Å². The molecule has 4 N–H and O–H groups in total. The van der Waals surface area contributed by atoms with Crippen molar-refractivity contribution in [2.75, 3.05) is 26.5 Å². The number of fused-ring (bicyclic) bond motifs is 1. The van der Waals surface area contributed by atoms with Crippen LogP contribution in [0.5, 0.6) is 0 Å². The Labute approximate surface area is 127 Å². The Morgan fingerprint density at radius 3 is 2.91 bits per heavy atom. The average Bonchev–Trinajstić information content (AvgIpc) is 2.52. The summed E-state index contributed by atoms with van der Waals surface area (Å²) in [7, 11) is 3.20. The molecular formula is C15H19N5O2. The summed E-state index contributed by atoms with van der Waals surface area (Å²) in [6.07, 6.45) is 2.94. The Hall–Kier alpha value is -2.67. The molecule has 1 aromatic carbocycles. The van der Waals surface area contributed by atoms with E-state index >= 15 is 0 Å². The lowest BCUT2D eigenvalue weighted by molar-refractivity contribution is 0.186. The topological polar surface area (TPSA) is 109 Å². The maximum absolute atomic E-state index is 12.7. The lowest BCUT2D eigenvalue weighted by Gasteiger charge is -2.13. The molecule has 2 rings (SSSR count). The third-order valence-electron chi connectivity index (χ3n) is 3.20. The normalized spacial score (nSPS) is 12.4. The van der Waals surface area contributed by atoms with Gasteiger partial charge >= 0.3 is 0 Å². The van der Waals surface area contributed by atoms with Crippen LogP contribution in [-0.4, -0.2) is 36.5 Å². The summed E-state index contributed by atoms with van der Waals surface area (Å²) in [6, 6.07) is 5.04. The van der Waals surface area contributed by atoms with Crippen LogP contribution in [0.25, 0.3) is 16.5 Å². The molecule has 0 atom stereocenters. The van der Waals surface area contributed by atoms with Gasteiger partial charge in [-0.05, 0) is 18.2 Å². The summed E-state index contributed by atoms with van der Waals surface area (Å²) in [5, 5.41) is 0.463. The van der Waals surface area contributed by atoms with Crippen molar-refractivity contribution in [3.05, 3.63) is 40.6 Å². The highest BCUT2D eigenvalue weighted by Gasteiger charge is 2.13. The first kappa shape index (κ1) is 15.7. The minimum Gasteiger partial charge on any atom is -0.404 e. The van der Waals surface area contributed by atoms with Crippen molar-refractivity contribution >= 4 is 28.4 Å². The lowest BCUT2D eigenvalue weighted by Crippen LogP contribution is -2.27. The van der Waals surface area contributed by atoms with Crippen LogP contribution in [0.2, 0.25) is 0 Å². The molecular weight excluding hydrogens is 282 g/mol. The summed E-state index contributed by atoms with van der Waals surface area (Å²) in [4.78, 5) is 21.2. The van der Waals surface area contributed by atoms with Gasteiger partial charge in [0, 0.05) is 32.3 Å². The molecule has 0 spiro atoms. The number of methoxy groups -OCH3 is 1. The molecule has 0 saturated carbocycles. The van der Waals surface area contributed by atoms with E-state index in [2.05, 4.69) is 9.98 Å².